The Morgan fingerprint density at radius 2 is 0.965 bits per heavy atom. The number of furan rings is 2. The highest BCUT2D eigenvalue weighted by molar-refractivity contribution is 6.27. The molecule has 0 fully saturated rings. The van der Waals surface area contributed by atoms with Crippen LogP contribution in [0, 0.1) is 0 Å². The fourth-order valence-electron chi connectivity index (χ4n) is 8.36. The lowest BCUT2D eigenvalue weighted by Crippen LogP contribution is -2.10. The van der Waals surface area contributed by atoms with E-state index in [0.717, 1.165) is 110 Å². The zero-order valence-corrected chi connectivity index (χ0v) is 30.7. The molecule has 0 saturated heterocycles. The van der Waals surface area contributed by atoms with Crippen molar-refractivity contribution in [2.45, 2.75) is 0 Å². The molecule has 5 nitrogen and oxygen atoms in total. The first-order chi connectivity index (χ1) is 28.2. The number of aliphatic imine (C=N–C) groups is 1. The van der Waals surface area contributed by atoms with Gasteiger partial charge in [0.2, 0.25) is 0 Å². The predicted molar refractivity (Wildman–Crippen MR) is 236 cm³/mol. The third-order valence-corrected chi connectivity index (χ3v) is 11.0. The van der Waals surface area contributed by atoms with Crippen LogP contribution in [0.1, 0.15) is 16.7 Å². The third kappa shape index (κ3) is 5.48. The number of hydrazone groups is 1. The molecule has 9 aromatic carbocycles. The van der Waals surface area contributed by atoms with Crippen LogP contribution in [-0.2, 0) is 0 Å². The minimum absolute atomic E-state index is 0.395. The molecule has 0 bridgehead atoms. The summed E-state index contributed by atoms with van der Waals surface area (Å²) in [5.74, 6) is 6.75. The maximum Gasteiger partial charge on any atom is 0.180 e. The van der Waals surface area contributed by atoms with Crippen LogP contribution in [0.25, 0.3) is 87.7 Å². The van der Waals surface area contributed by atoms with E-state index in [-0.39, 0.29) is 0 Å². The maximum atomic E-state index is 6.60. The lowest BCUT2D eigenvalue weighted by Gasteiger charge is -2.12. The highest BCUT2D eigenvalue weighted by Gasteiger charge is 2.22. The van der Waals surface area contributed by atoms with Gasteiger partial charge in [0.15, 0.2) is 5.84 Å². The third-order valence-electron chi connectivity index (χ3n) is 11.0. The highest BCUT2D eigenvalue weighted by Crippen LogP contribution is 2.44. The number of nitrogens with zero attached hydrogens (tertiary/aromatic N) is 2. The molecular formula is C52H33N3O2. The summed E-state index contributed by atoms with van der Waals surface area (Å²) >= 11 is 0. The van der Waals surface area contributed by atoms with Crippen molar-refractivity contribution in [3.05, 3.63) is 205 Å². The number of rotatable bonds is 5. The molecule has 2 aromatic heterocycles. The quantitative estimate of drug-likeness (QED) is 0.0828. The van der Waals surface area contributed by atoms with Crippen LogP contribution < -0.4 is 5.84 Å². The van der Waals surface area contributed by atoms with E-state index in [0.29, 0.717) is 5.84 Å². The molecule has 0 aliphatic carbocycles. The van der Waals surface area contributed by atoms with Crippen molar-refractivity contribution >= 4 is 77.0 Å². The molecule has 11 rings (SSSR count). The second-order valence-electron chi connectivity index (χ2n) is 14.4. The first-order valence-electron chi connectivity index (χ1n) is 19.0. The van der Waals surface area contributed by atoms with E-state index in [1.807, 2.05) is 42.5 Å². The van der Waals surface area contributed by atoms with E-state index < -0.39 is 0 Å². The first-order valence-corrected chi connectivity index (χ1v) is 19.0. The normalized spacial score (nSPS) is 12.5. The molecule has 0 aliphatic heterocycles. The van der Waals surface area contributed by atoms with Gasteiger partial charge in [0.05, 0.1) is 5.71 Å². The molecule has 0 saturated carbocycles. The summed E-state index contributed by atoms with van der Waals surface area (Å²) in [6.45, 7) is 0. The Morgan fingerprint density at radius 1 is 0.404 bits per heavy atom. The second-order valence-corrected chi connectivity index (χ2v) is 14.4. The number of fused-ring (bicyclic) bond motifs is 8. The minimum Gasteiger partial charge on any atom is -0.456 e. The molecule has 11 aromatic rings. The molecule has 268 valence electrons. The summed E-state index contributed by atoms with van der Waals surface area (Å²) in [4.78, 5) is 5.35. The van der Waals surface area contributed by atoms with Gasteiger partial charge in [0.25, 0.3) is 0 Å². The highest BCUT2D eigenvalue weighted by atomic mass is 16.3. The van der Waals surface area contributed by atoms with E-state index in [2.05, 4.69) is 151 Å². The molecule has 0 aliphatic rings. The summed E-state index contributed by atoms with van der Waals surface area (Å²) < 4.78 is 13.1. The monoisotopic (exact) mass is 731 g/mol. The average molecular weight is 732 g/mol. The molecule has 0 unspecified atom stereocenters. The number of hydrogen-bond donors (Lipinski definition) is 1. The van der Waals surface area contributed by atoms with Crippen molar-refractivity contribution < 1.29 is 8.83 Å². The van der Waals surface area contributed by atoms with E-state index in [4.69, 9.17) is 19.7 Å². The standard InChI is InChI=1S/C52H33N3O2/c53-55-52(54-51(39-28-25-33-13-4-5-14-36(33)29-39)35-26-23-34(24-27-35)32-11-2-1-3-12-32)42-19-10-22-46-50(42)49-41(18-9-21-45(49)56-46)40-17-8-20-44-48(40)43-30-37-15-6-7-16-38(37)31-47(43)57-44/h1-31H,53H2/b54-51?,55-52-. The van der Waals surface area contributed by atoms with Gasteiger partial charge in [-0.1, -0.05) is 152 Å². The molecule has 0 amide bonds. The summed E-state index contributed by atoms with van der Waals surface area (Å²) in [7, 11) is 0. The van der Waals surface area contributed by atoms with Gasteiger partial charge >= 0.3 is 0 Å². The average Bonchev–Trinajstić information content (AvgIpc) is 3.84. The Morgan fingerprint density at radius 3 is 1.70 bits per heavy atom. The van der Waals surface area contributed by atoms with Gasteiger partial charge in [-0.25, -0.2) is 4.99 Å². The summed E-state index contributed by atoms with van der Waals surface area (Å²) in [5, 5.41) is 13.0. The Hall–Kier alpha value is -7.76. The predicted octanol–water partition coefficient (Wildman–Crippen LogP) is 13.3. The van der Waals surface area contributed by atoms with Crippen molar-refractivity contribution in [2.24, 2.45) is 15.9 Å². The largest absolute Gasteiger partial charge is 0.456 e. The van der Waals surface area contributed by atoms with E-state index in [1.165, 1.54) is 0 Å². The number of benzene rings is 9. The molecular weight excluding hydrogens is 699 g/mol. The van der Waals surface area contributed by atoms with Crippen LogP contribution in [0.5, 0.6) is 0 Å². The van der Waals surface area contributed by atoms with Crippen molar-refractivity contribution in [1.82, 2.24) is 0 Å². The lowest BCUT2D eigenvalue weighted by molar-refractivity contribution is 0.668. The van der Waals surface area contributed by atoms with Crippen LogP contribution in [-0.4, -0.2) is 11.5 Å². The van der Waals surface area contributed by atoms with Gasteiger partial charge in [-0.05, 0) is 80.2 Å². The molecule has 5 heteroatoms. The Bertz CT molecular complexity index is 3410. The van der Waals surface area contributed by atoms with Crippen LogP contribution in [0.2, 0.25) is 0 Å². The Labute approximate surface area is 327 Å². The number of amidine groups is 1. The van der Waals surface area contributed by atoms with Gasteiger partial charge < -0.3 is 14.7 Å². The van der Waals surface area contributed by atoms with Crippen molar-refractivity contribution in [2.75, 3.05) is 0 Å². The van der Waals surface area contributed by atoms with Gasteiger partial charge in [-0.3, -0.25) is 0 Å². The van der Waals surface area contributed by atoms with E-state index in [1.54, 1.807) is 0 Å². The maximum absolute atomic E-state index is 6.60. The molecule has 0 radical (unpaired) electrons. The zero-order chi connectivity index (χ0) is 37.9. The molecule has 2 N–H and O–H groups in total. The van der Waals surface area contributed by atoms with Crippen LogP contribution in [0.15, 0.2) is 207 Å². The van der Waals surface area contributed by atoms with Crippen molar-refractivity contribution in [3.8, 4) is 22.3 Å². The molecule has 0 spiro atoms. The Kier molecular flexibility index (Phi) is 7.57. The van der Waals surface area contributed by atoms with Crippen molar-refractivity contribution in [1.29, 1.82) is 0 Å². The van der Waals surface area contributed by atoms with Gasteiger partial charge in [0, 0.05) is 38.2 Å². The van der Waals surface area contributed by atoms with E-state index >= 15 is 0 Å². The number of nitrogens with two attached hydrogens (primary N) is 1. The minimum atomic E-state index is 0.395. The van der Waals surface area contributed by atoms with Crippen molar-refractivity contribution in [3.63, 3.8) is 0 Å². The second kappa shape index (κ2) is 13.2. The van der Waals surface area contributed by atoms with Gasteiger partial charge in [-0.2, -0.15) is 5.10 Å². The summed E-state index contributed by atoms with van der Waals surface area (Å²) in [5.41, 5.74) is 11.0. The first kappa shape index (κ1) is 32.7. The zero-order valence-electron chi connectivity index (χ0n) is 30.7. The SMILES string of the molecule is N/N=C(\N=C(c1ccc(-c2ccccc2)cc1)c1ccc2ccccc2c1)c1cccc2oc3cccc(-c4cccc5oc6cc7ccccc7cc6c45)c3c12. The molecule has 57 heavy (non-hydrogen) atoms. The fourth-order valence-corrected chi connectivity index (χ4v) is 8.36. The fraction of sp³-hybridized carbons (Fsp3) is 0. The smallest absolute Gasteiger partial charge is 0.180 e. The summed E-state index contributed by atoms with van der Waals surface area (Å²) in [6, 6.07) is 64.9. The molecule has 2 heterocycles. The van der Waals surface area contributed by atoms with Crippen LogP contribution in [0.4, 0.5) is 0 Å². The lowest BCUT2D eigenvalue weighted by atomic mass is 9.93. The number of hydrogen-bond acceptors (Lipinski definition) is 4. The van der Waals surface area contributed by atoms with Crippen LogP contribution in [0.3, 0.4) is 0 Å². The molecule has 0 atom stereocenters. The van der Waals surface area contributed by atoms with E-state index in [9.17, 15) is 0 Å². The van der Waals surface area contributed by atoms with Gasteiger partial charge in [0.1, 0.15) is 22.3 Å². The summed E-state index contributed by atoms with van der Waals surface area (Å²) in [6.07, 6.45) is 0. The van der Waals surface area contributed by atoms with Crippen LogP contribution >= 0.6 is 0 Å². The topological polar surface area (TPSA) is 77.0 Å². The van der Waals surface area contributed by atoms with Gasteiger partial charge in [-0.15, -0.1) is 0 Å². The Balaban J connectivity index is 1.12.